The number of carbonyl (C=O) groups is 1. The van der Waals surface area contributed by atoms with Gasteiger partial charge in [0.15, 0.2) is 17.2 Å². The maximum atomic E-state index is 11.9. The number of fused-ring (bicyclic) bond motifs is 8. The number of nitrogens with zero attached hydrogens (tertiary/aromatic N) is 1. The average molecular weight is 788 g/mol. The first kappa shape index (κ1) is 41.3. The Morgan fingerprint density at radius 3 is 2.11 bits per heavy atom. The van der Waals surface area contributed by atoms with Crippen LogP contribution in [0.25, 0.3) is 0 Å². The van der Waals surface area contributed by atoms with Crippen LogP contribution in [-0.2, 0) is 28.5 Å². The highest BCUT2D eigenvalue weighted by molar-refractivity contribution is 5.96. The van der Waals surface area contributed by atoms with Gasteiger partial charge < -0.3 is 34.0 Å². The molecular weight excluding hydrogens is 719 g/mol. The fraction of sp³-hybridized carbons (Fsp3) is 0.833. The van der Waals surface area contributed by atoms with Crippen molar-refractivity contribution in [2.45, 2.75) is 166 Å². The second-order valence-electron chi connectivity index (χ2n) is 19.6. The number of esters is 1. The summed E-state index contributed by atoms with van der Waals surface area (Å²) in [5.41, 5.74) is 0.464. The van der Waals surface area contributed by atoms with E-state index in [2.05, 4.69) is 43.8 Å². The van der Waals surface area contributed by atoms with Crippen LogP contribution in [0.1, 0.15) is 143 Å². The van der Waals surface area contributed by atoms with Crippen LogP contribution in [0.5, 0.6) is 0 Å². The fourth-order valence-corrected chi connectivity index (χ4v) is 15.7. The van der Waals surface area contributed by atoms with Gasteiger partial charge in [-0.15, -0.1) is 12.8 Å². The lowest BCUT2D eigenvalue weighted by atomic mass is 9.49. The molecule has 9 aliphatic rings. The van der Waals surface area contributed by atoms with Gasteiger partial charge in [-0.2, -0.15) is 0 Å². The van der Waals surface area contributed by atoms with Crippen molar-refractivity contribution in [3.63, 3.8) is 0 Å². The minimum Gasteiger partial charge on any atom is -0.445 e. The van der Waals surface area contributed by atoms with Gasteiger partial charge in [-0.05, 0) is 157 Å². The summed E-state index contributed by atoms with van der Waals surface area (Å²) in [5, 5.41) is 24.0. The van der Waals surface area contributed by atoms with E-state index in [9.17, 15) is 9.90 Å². The molecule has 6 saturated carbocycles. The van der Waals surface area contributed by atoms with Crippen LogP contribution in [0.2, 0.25) is 0 Å². The zero-order valence-electron chi connectivity index (χ0n) is 35.2. The van der Waals surface area contributed by atoms with E-state index in [1.807, 2.05) is 0 Å². The third-order valence-corrected chi connectivity index (χ3v) is 18.1. The number of ether oxygens (including phenoxy) is 5. The normalized spacial score (nSPS) is 45.5. The monoisotopic (exact) mass is 788 g/mol. The van der Waals surface area contributed by atoms with Crippen molar-refractivity contribution in [3.05, 3.63) is 11.6 Å². The molecule has 0 aromatic heterocycles. The van der Waals surface area contributed by atoms with E-state index in [4.69, 9.17) is 41.7 Å². The summed E-state index contributed by atoms with van der Waals surface area (Å²) in [6, 6.07) is 0. The number of terminal acetylenes is 2. The van der Waals surface area contributed by atoms with Crippen molar-refractivity contribution < 1.29 is 38.8 Å². The fourth-order valence-electron chi connectivity index (χ4n) is 15.7. The van der Waals surface area contributed by atoms with Gasteiger partial charge in [-0.25, -0.2) is 0 Å². The molecule has 0 aromatic carbocycles. The molecule has 57 heavy (non-hydrogen) atoms. The van der Waals surface area contributed by atoms with Gasteiger partial charge in [0.2, 0.25) is 0 Å². The Kier molecular flexibility index (Phi) is 11.3. The van der Waals surface area contributed by atoms with Crippen molar-refractivity contribution in [3.8, 4) is 24.7 Å². The highest BCUT2D eigenvalue weighted by Crippen LogP contribution is 2.68. The van der Waals surface area contributed by atoms with Crippen LogP contribution in [0.15, 0.2) is 16.8 Å². The van der Waals surface area contributed by atoms with Crippen molar-refractivity contribution in [1.82, 2.24) is 0 Å². The first-order valence-electron chi connectivity index (χ1n) is 22.8. The lowest BCUT2D eigenvalue weighted by Crippen LogP contribution is -2.57. The number of oxime groups is 1. The van der Waals surface area contributed by atoms with Gasteiger partial charge in [0.25, 0.3) is 0 Å². The van der Waals surface area contributed by atoms with Crippen LogP contribution in [-0.4, -0.2) is 71.2 Å². The molecular formula is C48H69NO8. The summed E-state index contributed by atoms with van der Waals surface area (Å²) in [6.07, 6.45) is 32.1. The van der Waals surface area contributed by atoms with Gasteiger partial charge >= 0.3 is 5.97 Å². The molecule has 0 radical (unpaired) electrons. The summed E-state index contributed by atoms with van der Waals surface area (Å²) >= 11 is 0. The number of rotatable bonds is 6. The minimum atomic E-state index is -0.943. The Balaban J connectivity index is 0.000000161. The van der Waals surface area contributed by atoms with Crippen molar-refractivity contribution in [2.24, 2.45) is 63.3 Å². The SMILES string of the molecule is C#C[C@]1(O)CC[C@H]2[C@@H]3CCC4(OCCO4)[C@H](CCC4(C)OCCO4)[C@H]3CC[C@@]21CC.C#C[C@]1(OC(C)=O)CC[C@H]2[C@@H]3CCC4=CC(=NO)CC[C@@H]4[C@H]3CC[C@@]21CC. The molecule has 2 aliphatic heterocycles. The van der Waals surface area contributed by atoms with Crippen LogP contribution in [0, 0.1) is 82.9 Å². The summed E-state index contributed by atoms with van der Waals surface area (Å²) in [7, 11) is 0. The van der Waals surface area contributed by atoms with Crippen LogP contribution in [0.4, 0.5) is 0 Å². The largest absolute Gasteiger partial charge is 0.445 e. The number of hydrogen-bond acceptors (Lipinski definition) is 9. The molecule has 9 rings (SSSR count). The number of allylic oxidation sites excluding steroid dienone is 2. The van der Waals surface area contributed by atoms with Gasteiger partial charge in [-0.1, -0.05) is 36.4 Å². The van der Waals surface area contributed by atoms with Crippen molar-refractivity contribution >= 4 is 11.7 Å². The van der Waals surface area contributed by atoms with Crippen LogP contribution < -0.4 is 0 Å². The molecule has 314 valence electrons. The van der Waals surface area contributed by atoms with Crippen LogP contribution in [0.3, 0.4) is 0 Å². The Labute approximate surface area is 341 Å². The molecule has 0 bridgehead atoms. The third-order valence-electron chi connectivity index (χ3n) is 18.1. The quantitative estimate of drug-likeness (QED) is 0.119. The van der Waals surface area contributed by atoms with Gasteiger partial charge in [0.05, 0.1) is 32.1 Å². The molecule has 8 fully saturated rings. The number of aliphatic hydroxyl groups is 1. The smallest absolute Gasteiger partial charge is 0.304 e. The van der Waals surface area contributed by atoms with E-state index in [1.54, 1.807) is 0 Å². The maximum absolute atomic E-state index is 11.9. The Morgan fingerprint density at radius 2 is 1.44 bits per heavy atom. The molecule has 12 atom stereocenters. The van der Waals surface area contributed by atoms with Crippen LogP contribution >= 0.6 is 0 Å². The Bertz CT molecular complexity index is 1660. The minimum absolute atomic E-state index is 0.0673. The summed E-state index contributed by atoms with van der Waals surface area (Å²) in [5.74, 6) is 9.13. The topological polar surface area (TPSA) is 116 Å². The molecule has 1 spiro atoms. The van der Waals surface area contributed by atoms with E-state index < -0.39 is 22.8 Å². The predicted octanol–water partition coefficient (Wildman–Crippen LogP) is 8.59. The lowest BCUT2D eigenvalue weighted by molar-refractivity contribution is -0.257. The van der Waals surface area contributed by atoms with E-state index in [0.717, 1.165) is 115 Å². The van der Waals surface area contributed by atoms with Crippen molar-refractivity contribution in [1.29, 1.82) is 0 Å². The molecule has 2 N–H and O–H groups in total. The average Bonchev–Trinajstić information content (AvgIpc) is 4.02. The third kappa shape index (κ3) is 6.46. The number of carbonyl (C=O) groups excluding carboxylic acids is 1. The van der Waals surface area contributed by atoms with E-state index in [0.29, 0.717) is 73.8 Å². The van der Waals surface area contributed by atoms with Gasteiger partial charge in [0.1, 0.15) is 5.60 Å². The summed E-state index contributed by atoms with van der Waals surface area (Å²) in [6.45, 7) is 10.7. The summed E-state index contributed by atoms with van der Waals surface area (Å²) in [4.78, 5) is 11.9. The molecule has 9 heteroatoms. The molecule has 9 nitrogen and oxygen atoms in total. The van der Waals surface area contributed by atoms with Gasteiger partial charge in [-0.3, -0.25) is 4.79 Å². The molecule has 0 amide bonds. The van der Waals surface area contributed by atoms with E-state index >= 15 is 0 Å². The van der Waals surface area contributed by atoms with Crippen molar-refractivity contribution in [2.75, 3.05) is 26.4 Å². The molecule has 2 heterocycles. The molecule has 0 unspecified atom stereocenters. The zero-order chi connectivity index (χ0) is 40.3. The lowest BCUT2D eigenvalue weighted by Gasteiger charge is -2.58. The first-order valence-corrected chi connectivity index (χ1v) is 22.8. The Morgan fingerprint density at radius 1 is 0.807 bits per heavy atom. The number of hydrogen-bond donors (Lipinski definition) is 2. The molecule has 0 aromatic rings. The standard InChI is InChI=1S/C25H38O5.C23H31NO3/c1-4-23-11-6-19-18(20(23)9-12-24(23,26)5-2)7-13-25(29-16-17-30-25)21(19)8-10-22(3)27-14-15-28-22;1-4-22-12-10-19-18-9-7-17(24-26)14-16(18)6-8-20(19)21(22)11-13-23(22,5-2)27-15(3)25/h2,18-21,26H,4,6-17H2,1,3H3;2,14,18-21,26H,4,6-13H2,1,3H3/t18-,19+,20+,21-,23+,24+;18-,19+,20+,21-,22-,23-/m10/s1. The second-order valence-corrected chi connectivity index (χ2v) is 19.6. The molecule has 7 aliphatic carbocycles. The first-order chi connectivity index (χ1) is 27.4. The highest BCUT2D eigenvalue weighted by atomic mass is 16.7. The predicted molar refractivity (Wildman–Crippen MR) is 217 cm³/mol. The second kappa shape index (κ2) is 15.6. The van der Waals surface area contributed by atoms with Gasteiger partial charge in [0, 0.05) is 36.5 Å². The Hall–Kier alpha value is -2.40. The highest BCUT2D eigenvalue weighted by Gasteiger charge is 2.67. The summed E-state index contributed by atoms with van der Waals surface area (Å²) < 4.78 is 30.4. The van der Waals surface area contributed by atoms with E-state index in [1.165, 1.54) is 18.9 Å². The zero-order valence-corrected chi connectivity index (χ0v) is 35.2. The molecule has 2 saturated heterocycles. The maximum Gasteiger partial charge on any atom is 0.304 e. The van der Waals surface area contributed by atoms with E-state index in [-0.39, 0.29) is 16.8 Å².